The standard InChI is InChI=1S/C9H17N5O/c1-14-12-9(11-13-14)6-7(10)5-8-3-2-4-15-8/h7-8H,2-6,10H2,1H3. The van der Waals surface area contributed by atoms with Gasteiger partial charge in [0.15, 0.2) is 5.82 Å². The summed E-state index contributed by atoms with van der Waals surface area (Å²) in [5, 5.41) is 11.8. The van der Waals surface area contributed by atoms with Gasteiger partial charge in [-0.2, -0.15) is 4.80 Å². The molecule has 6 nitrogen and oxygen atoms in total. The third kappa shape index (κ3) is 2.97. The van der Waals surface area contributed by atoms with E-state index in [1.54, 1.807) is 7.05 Å². The van der Waals surface area contributed by atoms with Crippen LogP contribution in [0.3, 0.4) is 0 Å². The molecule has 84 valence electrons. The molecule has 2 atom stereocenters. The van der Waals surface area contributed by atoms with Gasteiger partial charge in [0, 0.05) is 19.1 Å². The van der Waals surface area contributed by atoms with Crippen LogP contribution in [-0.4, -0.2) is 39.0 Å². The molecular weight excluding hydrogens is 194 g/mol. The molecule has 1 aliphatic heterocycles. The van der Waals surface area contributed by atoms with Crippen molar-refractivity contribution < 1.29 is 4.74 Å². The zero-order valence-corrected chi connectivity index (χ0v) is 8.96. The molecule has 2 heterocycles. The summed E-state index contributed by atoms with van der Waals surface area (Å²) in [7, 11) is 1.75. The molecule has 1 saturated heterocycles. The van der Waals surface area contributed by atoms with Crippen LogP contribution >= 0.6 is 0 Å². The second-order valence-corrected chi connectivity index (χ2v) is 4.03. The molecule has 0 aromatic carbocycles. The van der Waals surface area contributed by atoms with Crippen molar-refractivity contribution in [3.05, 3.63) is 5.82 Å². The van der Waals surface area contributed by atoms with Crippen LogP contribution in [0.25, 0.3) is 0 Å². The fourth-order valence-electron chi connectivity index (χ4n) is 1.89. The van der Waals surface area contributed by atoms with Crippen LogP contribution in [0.5, 0.6) is 0 Å². The Morgan fingerprint density at radius 2 is 2.53 bits per heavy atom. The number of tetrazole rings is 1. The Morgan fingerprint density at radius 1 is 1.67 bits per heavy atom. The zero-order valence-electron chi connectivity index (χ0n) is 8.96. The molecule has 0 radical (unpaired) electrons. The lowest BCUT2D eigenvalue weighted by molar-refractivity contribution is 0.0982. The van der Waals surface area contributed by atoms with Crippen LogP contribution in [0.4, 0.5) is 0 Å². The van der Waals surface area contributed by atoms with Crippen molar-refractivity contribution in [2.45, 2.75) is 37.8 Å². The number of aryl methyl sites for hydroxylation is 1. The summed E-state index contributed by atoms with van der Waals surface area (Å²) in [4.78, 5) is 1.45. The lowest BCUT2D eigenvalue weighted by atomic mass is 10.0. The molecule has 0 saturated carbocycles. The average Bonchev–Trinajstić information content (AvgIpc) is 2.77. The maximum atomic E-state index is 6.00. The quantitative estimate of drug-likeness (QED) is 0.736. The molecule has 1 aromatic heterocycles. The first-order chi connectivity index (χ1) is 7.24. The number of aromatic nitrogens is 4. The molecule has 2 N–H and O–H groups in total. The van der Waals surface area contributed by atoms with Crippen LogP contribution in [0.2, 0.25) is 0 Å². The molecule has 2 unspecified atom stereocenters. The van der Waals surface area contributed by atoms with Crippen LogP contribution in [0.15, 0.2) is 0 Å². The lowest BCUT2D eigenvalue weighted by Gasteiger charge is -2.14. The highest BCUT2D eigenvalue weighted by atomic mass is 16.5. The second kappa shape index (κ2) is 4.67. The molecule has 0 spiro atoms. The minimum absolute atomic E-state index is 0.0669. The van der Waals surface area contributed by atoms with Gasteiger partial charge in [0.25, 0.3) is 0 Å². The van der Waals surface area contributed by atoms with E-state index in [-0.39, 0.29) is 6.04 Å². The van der Waals surface area contributed by atoms with Crippen molar-refractivity contribution in [1.82, 2.24) is 20.2 Å². The summed E-state index contributed by atoms with van der Waals surface area (Å²) in [6.45, 7) is 0.876. The van der Waals surface area contributed by atoms with E-state index < -0.39 is 0 Å². The van der Waals surface area contributed by atoms with Gasteiger partial charge in [0.2, 0.25) is 0 Å². The fourth-order valence-corrected chi connectivity index (χ4v) is 1.89. The number of nitrogens with two attached hydrogens (primary N) is 1. The van der Waals surface area contributed by atoms with E-state index in [4.69, 9.17) is 10.5 Å². The number of nitrogens with zero attached hydrogens (tertiary/aromatic N) is 4. The van der Waals surface area contributed by atoms with E-state index >= 15 is 0 Å². The third-order valence-electron chi connectivity index (χ3n) is 2.58. The molecule has 2 rings (SSSR count). The highest BCUT2D eigenvalue weighted by Gasteiger charge is 2.19. The molecule has 6 heteroatoms. The van der Waals surface area contributed by atoms with Gasteiger partial charge in [-0.05, 0) is 24.5 Å². The van der Waals surface area contributed by atoms with Crippen LogP contribution in [0.1, 0.15) is 25.1 Å². The Labute approximate surface area is 88.8 Å². The summed E-state index contributed by atoms with van der Waals surface area (Å²) >= 11 is 0. The smallest absolute Gasteiger partial charge is 0.176 e. The van der Waals surface area contributed by atoms with Gasteiger partial charge in [-0.25, -0.2) is 0 Å². The average molecular weight is 211 g/mol. The molecule has 1 aromatic rings. The van der Waals surface area contributed by atoms with Gasteiger partial charge in [-0.1, -0.05) is 0 Å². The fraction of sp³-hybridized carbons (Fsp3) is 0.889. The third-order valence-corrected chi connectivity index (χ3v) is 2.58. The molecule has 0 aliphatic carbocycles. The zero-order chi connectivity index (χ0) is 10.7. The molecule has 1 fully saturated rings. The molecular formula is C9H17N5O. The number of hydrogen-bond acceptors (Lipinski definition) is 5. The van der Waals surface area contributed by atoms with Crippen molar-refractivity contribution >= 4 is 0 Å². The molecule has 1 aliphatic rings. The summed E-state index contributed by atoms with van der Waals surface area (Å²) in [5.41, 5.74) is 6.00. The minimum Gasteiger partial charge on any atom is -0.378 e. The van der Waals surface area contributed by atoms with E-state index in [2.05, 4.69) is 15.4 Å². The normalized spacial score (nSPS) is 23.2. The largest absolute Gasteiger partial charge is 0.378 e. The minimum atomic E-state index is 0.0669. The Morgan fingerprint density at radius 3 is 3.13 bits per heavy atom. The first kappa shape index (κ1) is 10.5. The van der Waals surface area contributed by atoms with Gasteiger partial charge in [0.1, 0.15) is 0 Å². The molecule has 0 bridgehead atoms. The van der Waals surface area contributed by atoms with E-state index in [1.807, 2.05) is 0 Å². The van der Waals surface area contributed by atoms with Gasteiger partial charge < -0.3 is 10.5 Å². The SMILES string of the molecule is Cn1nnc(CC(N)CC2CCCO2)n1. The predicted octanol–water partition coefficient (Wildman–Crippen LogP) is -0.351. The van der Waals surface area contributed by atoms with Crippen molar-refractivity contribution in [3.63, 3.8) is 0 Å². The van der Waals surface area contributed by atoms with Gasteiger partial charge in [0.05, 0.1) is 13.2 Å². The summed E-state index contributed by atoms with van der Waals surface area (Å²) < 4.78 is 5.52. The van der Waals surface area contributed by atoms with Crippen LogP contribution in [0, 0.1) is 0 Å². The van der Waals surface area contributed by atoms with Crippen molar-refractivity contribution in [2.75, 3.05) is 6.61 Å². The van der Waals surface area contributed by atoms with E-state index in [0.717, 1.165) is 25.9 Å². The maximum absolute atomic E-state index is 6.00. The monoisotopic (exact) mass is 211 g/mol. The van der Waals surface area contributed by atoms with E-state index in [9.17, 15) is 0 Å². The highest BCUT2D eigenvalue weighted by Crippen LogP contribution is 2.17. The molecule has 0 amide bonds. The summed E-state index contributed by atoms with van der Waals surface area (Å²) in [6.07, 6.45) is 4.17. The van der Waals surface area contributed by atoms with Crippen LogP contribution < -0.4 is 5.73 Å². The Hall–Kier alpha value is -1.01. The number of hydrogen-bond donors (Lipinski definition) is 1. The number of ether oxygens (including phenoxy) is 1. The van der Waals surface area contributed by atoms with Crippen molar-refractivity contribution in [2.24, 2.45) is 12.8 Å². The van der Waals surface area contributed by atoms with E-state index in [1.165, 1.54) is 4.80 Å². The number of rotatable bonds is 4. The maximum Gasteiger partial charge on any atom is 0.176 e. The summed E-state index contributed by atoms with van der Waals surface area (Å²) in [5.74, 6) is 0.711. The van der Waals surface area contributed by atoms with Gasteiger partial charge >= 0.3 is 0 Å². The first-order valence-corrected chi connectivity index (χ1v) is 5.34. The first-order valence-electron chi connectivity index (χ1n) is 5.34. The van der Waals surface area contributed by atoms with Gasteiger partial charge in [-0.15, -0.1) is 10.2 Å². The highest BCUT2D eigenvalue weighted by molar-refractivity contribution is 4.84. The second-order valence-electron chi connectivity index (χ2n) is 4.03. The lowest BCUT2D eigenvalue weighted by Crippen LogP contribution is -2.28. The topological polar surface area (TPSA) is 78.9 Å². The van der Waals surface area contributed by atoms with Gasteiger partial charge in [-0.3, -0.25) is 0 Å². The predicted molar refractivity (Wildman–Crippen MR) is 54.1 cm³/mol. The summed E-state index contributed by atoms with van der Waals surface area (Å²) in [6, 6.07) is 0.0669. The Bertz CT molecular complexity index is 307. The van der Waals surface area contributed by atoms with Crippen molar-refractivity contribution in [1.29, 1.82) is 0 Å². The van der Waals surface area contributed by atoms with Crippen LogP contribution in [-0.2, 0) is 18.2 Å². The van der Waals surface area contributed by atoms with Crippen molar-refractivity contribution in [3.8, 4) is 0 Å². The Balaban J connectivity index is 1.78. The molecule has 15 heavy (non-hydrogen) atoms. The van der Waals surface area contributed by atoms with E-state index in [0.29, 0.717) is 18.3 Å². The Kier molecular flexibility index (Phi) is 3.27.